The number of halogens is 1. The van der Waals surface area contributed by atoms with Crippen molar-refractivity contribution < 1.29 is 14.7 Å². The zero-order valence-corrected chi connectivity index (χ0v) is 16.2. The third-order valence-corrected chi connectivity index (χ3v) is 6.65. The second-order valence-corrected chi connectivity index (χ2v) is 8.48. The van der Waals surface area contributed by atoms with Gasteiger partial charge in [0.05, 0.1) is 16.7 Å². The van der Waals surface area contributed by atoms with Gasteiger partial charge in [0.25, 0.3) is 5.91 Å². The molecule has 3 fully saturated rings. The number of hydrogen-bond acceptors (Lipinski definition) is 4. The van der Waals surface area contributed by atoms with E-state index in [1.165, 1.54) is 12.4 Å². The first-order valence-electron chi connectivity index (χ1n) is 9.93. The number of pyridine rings is 1. The molecule has 1 saturated carbocycles. The van der Waals surface area contributed by atoms with E-state index in [4.69, 9.17) is 11.6 Å². The molecule has 1 aliphatic carbocycles. The van der Waals surface area contributed by atoms with Crippen LogP contribution in [0.25, 0.3) is 0 Å². The van der Waals surface area contributed by atoms with Gasteiger partial charge >= 0.3 is 0 Å². The lowest BCUT2D eigenvalue weighted by atomic mass is 9.82. The Morgan fingerprint density at radius 2 is 1.85 bits per heavy atom. The lowest BCUT2D eigenvalue weighted by Crippen LogP contribution is -2.63. The average molecular weight is 392 g/mol. The summed E-state index contributed by atoms with van der Waals surface area (Å²) in [6.45, 7) is 1.34. The van der Waals surface area contributed by atoms with Crippen molar-refractivity contribution in [3.8, 4) is 0 Å². The number of likely N-dealkylation sites (tertiary alicyclic amines) is 2. The maximum atomic E-state index is 13.6. The fraction of sp³-hybridized carbons (Fsp3) is 0.650. The van der Waals surface area contributed by atoms with E-state index in [0.29, 0.717) is 17.1 Å². The molecule has 1 spiro atoms. The van der Waals surface area contributed by atoms with E-state index >= 15 is 0 Å². The van der Waals surface area contributed by atoms with Crippen LogP contribution in [0.2, 0.25) is 5.02 Å². The molecule has 1 aromatic heterocycles. The normalized spacial score (nSPS) is 31.6. The Kier molecular flexibility index (Phi) is 5.12. The number of aliphatic hydroxyl groups is 1. The van der Waals surface area contributed by atoms with Gasteiger partial charge < -0.3 is 14.9 Å². The summed E-state index contributed by atoms with van der Waals surface area (Å²) in [5.41, 5.74) is -0.289. The quantitative estimate of drug-likeness (QED) is 0.841. The number of carbonyl (C=O) groups is 2. The fourth-order valence-electron chi connectivity index (χ4n) is 5.08. The summed E-state index contributed by atoms with van der Waals surface area (Å²) in [5, 5.41) is 10.2. The van der Waals surface area contributed by atoms with Crippen LogP contribution in [-0.4, -0.2) is 62.5 Å². The largest absolute Gasteiger partial charge is 0.393 e. The number of hydrogen-bond donors (Lipinski definition) is 1. The maximum Gasteiger partial charge on any atom is 0.256 e. The van der Waals surface area contributed by atoms with Gasteiger partial charge in [0.2, 0.25) is 5.91 Å². The van der Waals surface area contributed by atoms with Gasteiger partial charge in [-0.15, -0.1) is 0 Å². The second kappa shape index (κ2) is 7.40. The Labute approximate surface area is 164 Å². The molecular weight excluding hydrogens is 366 g/mol. The molecule has 146 valence electrons. The van der Waals surface area contributed by atoms with E-state index in [-0.39, 0.29) is 24.0 Å². The monoisotopic (exact) mass is 391 g/mol. The van der Waals surface area contributed by atoms with Gasteiger partial charge in [0.1, 0.15) is 5.54 Å². The first kappa shape index (κ1) is 18.7. The Bertz CT molecular complexity index is 735. The van der Waals surface area contributed by atoms with Crippen molar-refractivity contribution in [2.45, 2.75) is 69.1 Å². The molecule has 1 atom stereocenters. The van der Waals surface area contributed by atoms with Gasteiger partial charge in [0.15, 0.2) is 0 Å². The molecule has 1 N–H and O–H groups in total. The molecule has 4 rings (SSSR count). The molecule has 1 aromatic rings. The van der Waals surface area contributed by atoms with Crippen LogP contribution in [-0.2, 0) is 4.79 Å². The Morgan fingerprint density at radius 1 is 1.15 bits per heavy atom. The van der Waals surface area contributed by atoms with Crippen molar-refractivity contribution in [1.82, 2.24) is 14.8 Å². The minimum absolute atomic E-state index is 0.0935. The van der Waals surface area contributed by atoms with Crippen molar-refractivity contribution in [2.24, 2.45) is 0 Å². The van der Waals surface area contributed by atoms with Crippen molar-refractivity contribution in [3.63, 3.8) is 0 Å². The van der Waals surface area contributed by atoms with Crippen LogP contribution in [0.1, 0.15) is 61.7 Å². The van der Waals surface area contributed by atoms with E-state index in [9.17, 15) is 14.7 Å². The molecule has 2 amide bonds. The molecule has 6 nitrogen and oxygen atoms in total. The summed E-state index contributed by atoms with van der Waals surface area (Å²) in [6.07, 6.45) is 9.15. The second-order valence-electron chi connectivity index (χ2n) is 8.05. The predicted molar refractivity (Wildman–Crippen MR) is 101 cm³/mol. The number of aromatic nitrogens is 1. The highest BCUT2D eigenvalue weighted by molar-refractivity contribution is 6.30. The van der Waals surface area contributed by atoms with E-state index < -0.39 is 5.54 Å². The molecule has 0 bridgehead atoms. The standard InChI is InChI=1S/C20H26ClN3O3/c21-15-11-14(12-22-13-15)18(26)24-10-2-8-20(24)7-1-9-23(19(20)27)16-3-5-17(25)6-4-16/h11-13,16-17,25H,1-10H2. The summed E-state index contributed by atoms with van der Waals surface area (Å²) in [5.74, 6) is -0.0623. The molecule has 1 unspecified atom stereocenters. The van der Waals surface area contributed by atoms with Gasteiger partial charge in [-0.1, -0.05) is 11.6 Å². The van der Waals surface area contributed by atoms with Crippen LogP contribution in [0, 0.1) is 0 Å². The third kappa shape index (κ3) is 3.34. The summed E-state index contributed by atoms with van der Waals surface area (Å²) in [6, 6.07) is 1.81. The summed E-state index contributed by atoms with van der Waals surface area (Å²) in [4.78, 5) is 34.5. The first-order valence-corrected chi connectivity index (χ1v) is 10.3. The fourth-order valence-corrected chi connectivity index (χ4v) is 5.25. The van der Waals surface area contributed by atoms with Crippen molar-refractivity contribution in [2.75, 3.05) is 13.1 Å². The predicted octanol–water partition coefficient (Wildman–Crippen LogP) is 2.64. The van der Waals surface area contributed by atoms with Crippen LogP contribution in [0.5, 0.6) is 0 Å². The van der Waals surface area contributed by atoms with E-state index in [2.05, 4.69) is 4.98 Å². The van der Waals surface area contributed by atoms with Gasteiger partial charge in [-0.25, -0.2) is 0 Å². The molecule has 27 heavy (non-hydrogen) atoms. The van der Waals surface area contributed by atoms with Crippen molar-refractivity contribution >= 4 is 23.4 Å². The summed E-state index contributed by atoms with van der Waals surface area (Å²) >= 11 is 6.01. The third-order valence-electron chi connectivity index (χ3n) is 6.44. The molecule has 2 aliphatic heterocycles. The van der Waals surface area contributed by atoms with Gasteiger partial charge in [-0.3, -0.25) is 14.6 Å². The van der Waals surface area contributed by atoms with Gasteiger partial charge in [-0.05, 0) is 57.4 Å². The summed E-state index contributed by atoms with van der Waals surface area (Å²) in [7, 11) is 0. The minimum atomic E-state index is -0.728. The van der Waals surface area contributed by atoms with Crippen LogP contribution in [0.15, 0.2) is 18.5 Å². The Morgan fingerprint density at radius 3 is 2.56 bits per heavy atom. The lowest BCUT2D eigenvalue weighted by molar-refractivity contribution is -0.149. The summed E-state index contributed by atoms with van der Waals surface area (Å²) < 4.78 is 0. The topological polar surface area (TPSA) is 73.7 Å². The Balaban J connectivity index is 1.58. The zero-order chi connectivity index (χ0) is 19.0. The van der Waals surface area contributed by atoms with Crippen LogP contribution in [0.3, 0.4) is 0 Å². The Hall–Kier alpha value is -1.66. The SMILES string of the molecule is O=C(c1cncc(Cl)c1)N1CCCC12CCCN(C1CCC(O)CC1)C2=O. The lowest BCUT2D eigenvalue weighted by Gasteiger charge is -2.48. The highest BCUT2D eigenvalue weighted by atomic mass is 35.5. The molecule has 3 aliphatic rings. The molecular formula is C20H26ClN3O3. The van der Waals surface area contributed by atoms with E-state index in [1.54, 1.807) is 11.0 Å². The highest BCUT2D eigenvalue weighted by Crippen LogP contribution is 2.41. The number of carbonyl (C=O) groups excluding carboxylic acids is 2. The molecule has 0 aromatic carbocycles. The van der Waals surface area contributed by atoms with Crippen molar-refractivity contribution in [3.05, 3.63) is 29.0 Å². The number of amides is 2. The number of piperidine rings is 1. The van der Waals surface area contributed by atoms with Gasteiger partial charge in [0, 0.05) is 31.5 Å². The number of nitrogens with zero attached hydrogens (tertiary/aromatic N) is 3. The minimum Gasteiger partial charge on any atom is -0.393 e. The van der Waals surface area contributed by atoms with Crippen LogP contribution >= 0.6 is 11.6 Å². The molecule has 3 heterocycles. The van der Waals surface area contributed by atoms with Gasteiger partial charge in [-0.2, -0.15) is 0 Å². The number of rotatable bonds is 2. The molecule has 7 heteroatoms. The number of aliphatic hydroxyl groups excluding tert-OH is 1. The molecule has 2 saturated heterocycles. The average Bonchev–Trinajstić information content (AvgIpc) is 3.09. The van der Waals surface area contributed by atoms with E-state index in [0.717, 1.165) is 57.9 Å². The van der Waals surface area contributed by atoms with Crippen LogP contribution < -0.4 is 0 Å². The highest BCUT2D eigenvalue weighted by Gasteiger charge is 2.53. The van der Waals surface area contributed by atoms with E-state index in [1.807, 2.05) is 4.90 Å². The van der Waals surface area contributed by atoms with Crippen LogP contribution in [0.4, 0.5) is 0 Å². The zero-order valence-electron chi connectivity index (χ0n) is 15.4. The molecule has 0 radical (unpaired) electrons. The van der Waals surface area contributed by atoms with Crippen molar-refractivity contribution in [1.29, 1.82) is 0 Å². The maximum absolute atomic E-state index is 13.6. The smallest absolute Gasteiger partial charge is 0.256 e. The first-order chi connectivity index (χ1) is 13.0.